The average molecular weight is 345 g/mol. The smallest absolute Gasteiger partial charge is 0.329 e. The second-order valence-electron chi connectivity index (χ2n) is 6.92. The minimum Gasteiger partial charge on any atom is -0.348 e. The molecule has 1 saturated heterocycles. The van der Waals surface area contributed by atoms with Crippen molar-refractivity contribution in [2.45, 2.75) is 37.8 Å². The van der Waals surface area contributed by atoms with Gasteiger partial charge in [-0.2, -0.15) is 0 Å². The van der Waals surface area contributed by atoms with Crippen LogP contribution >= 0.6 is 0 Å². The molecule has 2 atom stereocenters. The second kappa shape index (κ2) is 6.84. The van der Waals surface area contributed by atoms with Crippen molar-refractivity contribution in [3.8, 4) is 0 Å². The lowest BCUT2D eigenvalue weighted by Crippen LogP contribution is -3.12. The Morgan fingerprint density at radius 1 is 1.32 bits per heavy atom. The topological polar surface area (TPSA) is 82.9 Å². The van der Waals surface area contributed by atoms with E-state index in [0.717, 1.165) is 23.3 Å². The molecule has 1 aliphatic carbocycles. The Labute approximate surface area is 147 Å². The summed E-state index contributed by atoms with van der Waals surface area (Å²) in [4.78, 5) is 39.4. The molecule has 25 heavy (non-hydrogen) atoms. The monoisotopic (exact) mass is 345 g/mol. The summed E-state index contributed by atoms with van der Waals surface area (Å²) in [5, 5.41) is 5.78. The van der Waals surface area contributed by atoms with Crippen LogP contribution in [0.25, 0.3) is 0 Å². The van der Waals surface area contributed by atoms with Gasteiger partial charge in [0.2, 0.25) is 0 Å². The molecule has 1 saturated carbocycles. The lowest BCUT2D eigenvalue weighted by Gasteiger charge is -2.26. The van der Waals surface area contributed by atoms with Crippen molar-refractivity contribution in [2.75, 3.05) is 20.3 Å². The Bertz CT molecular complexity index is 674. The molecule has 3 N–H and O–H groups in total. The first-order valence-electron chi connectivity index (χ1n) is 8.76. The number of hydrogen-bond acceptors (Lipinski definition) is 3. The number of rotatable bonds is 7. The maximum atomic E-state index is 13.0. The van der Waals surface area contributed by atoms with E-state index in [0.29, 0.717) is 12.5 Å². The number of urea groups is 1. The second-order valence-corrected chi connectivity index (χ2v) is 6.92. The van der Waals surface area contributed by atoms with Crippen molar-refractivity contribution >= 4 is 17.8 Å². The lowest BCUT2D eigenvalue weighted by molar-refractivity contribution is -0.879. The van der Waals surface area contributed by atoms with Crippen molar-refractivity contribution in [1.82, 2.24) is 15.5 Å². The Kier molecular flexibility index (Phi) is 4.76. The van der Waals surface area contributed by atoms with Crippen LogP contribution in [0.3, 0.4) is 0 Å². The largest absolute Gasteiger partial charge is 0.348 e. The summed E-state index contributed by atoms with van der Waals surface area (Å²) in [5.74, 6) is -0.301. The van der Waals surface area contributed by atoms with E-state index in [-0.39, 0.29) is 25.0 Å². The standard InChI is InChI=1S/C18H24N4O3/c1-3-18(13-7-5-4-6-8-13)16(24)22(17(25)20-18)12-21(2)11-15(23)19-14-9-10-14/h4-8,14H,3,9-12H2,1-2H3,(H,19,23)(H,20,25)/p+1/t18-/m1/s1. The van der Waals surface area contributed by atoms with Crippen LogP contribution in [0, 0.1) is 0 Å². The Hall–Kier alpha value is -2.41. The molecule has 1 unspecified atom stereocenters. The Balaban J connectivity index is 1.69. The Morgan fingerprint density at radius 3 is 2.60 bits per heavy atom. The minimum absolute atomic E-state index is 0.0446. The fourth-order valence-corrected chi connectivity index (χ4v) is 3.24. The molecule has 0 aromatic heterocycles. The molecule has 0 radical (unpaired) electrons. The van der Waals surface area contributed by atoms with E-state index >= 15 is 0 Å². The highest BCUT2D eigenvalue weighted by Gasteiger charge is 2.52. The molecule has 0 spiro atoms. The predicted molar refractivity (Wildman–Crippen MR) is 91.6 cm³/mol. The van der Waals surface area contributed by atoms with Gasteiger partial charge in [-0.25, -0.2) is 9.69 Å². The highest BCUT2D eigenvalue weighted by molar-refractivity contribution is 6.07. The molecule has 0 bridgehead atoms. The number of nitrogens with one attached hydrogen (secondary N) is 3. The molecule has 1 aliphatic heterocycles. The third-order valence-electron chi connectivity index (χ3n) is 4.81. The van der Waals surface area contributed by atoms with Gasteiger partial charge in [-0.05, 0) is 24.8 Å². The first-order chi connectivity index (χ1) is 12.0. The van der Waals surface area contributed by atoms with Crippen LogP contribution in [-0.4, -0.2) is 49.0 Å². The molecule has 134 valence electrons. The predicted octanol–water partition coefficient (Wildman–Crippen LogP) is -0.405. The average Bonchev–Trinajstić information content (AvgIpc) is 3.37. The highest BCUT2D eigenvalue weighted by atomic mass is 16.2. The van der Waals surface area contributed by atoms with E-state index < -0.39 is 11.6 Å². The summed E-state index contributed by atoms with van der Waals surface area (Å²) < 4.78 is 0. The number of hydrogen-bond donors (Lipinski definition) is 3. The van der Waals surface area contributed by atoms with Gasteiger partial charge in [0.25, 0.3) is 11.8 Å². The van der Waals surface area contributed by atoms with Gasteiger partial charge in [0.15, 0.2) is 13.2 Å². The molecule has 4 amide bonds. The van der Waals surface area contributed by atoms with E-state index in [9.17, 15) is 14.4 Å². The number of amides is 4. The molecule has 7 nitrogen and oxygen atoms in total. The maximum Gasteiger partial charge on any atom is 0.329 e. The van der Waals surface area contributed by atoms with Gasteiger partial charge in [0, 0.05) is 6.04 Å². The number of nitrogens with zero attached hydrogens (tertiary/aromatic N) is 1. The van der Waals surface area contributed by atoms with Crippen LogP contribution in [0.2, 0.25) is 0 Å². The highest BCUT2D eigenvalue weighted by Crippen LogP contribution is 2.31. The number of likely N-dealkylation sites (N-methyl/N-ethyl adjacent to an activating group) is 1. The molecule has 3 rings (SSSR count). The molecule has 1 aromatic carbocycles. The van der Waals surface area contributed by atoms with Gasteiger partial charge in [0.1, 0.15) is 5.54 Å². The van der Waals surface area contributed by atoms with Crippen LogP contribution in [0.15, 0.2) is 30.3 Å². The van der Waals surface area contributed by atoms with E-state index in [1.165, 1.54) is 4.90 Å². The molecule has 7 heteroatoms. The number of benzene rings is 1. The minimum atomic E-state index is -1.02. The fourth-order valence-electron chi connectivity index (χ4n) is 3.24. The molecule has 1 aromatic rings. The van der Waals surface area contributed by atoms with E-state index in [1.54, 1.807) is 0 Å². The maximum absolute atomic E-state index is 13.0. The Morgan fingerprint density at radius 2 is 2.00 bits per heavy atom. The van der Waals surface area contributed by atoms with Gasteiger partial charge < -0.3 is 15.5 Å². The van der Waals surface area contributed by atoms with Crippen LogP contribution in [0.4, 0.5) is 4.79 Å². The van der Waals surface area contributed by atoms with Crippen LogP contribution in [-0.2, 0) is 15.1 Å². The van der Waals surface area contributed by atoms with Crippen molar-refractivity contribution in [2.24, 2.45) is 0 Å². The lowest BCUT2D eigenvalue weighted by atomic mass is 9.87. The molecular weight excluding hydrogens is 320 g/mol. The normalized spacial score (nSPS) is 24.2. The van der Waals surface area contributed by atoms with Crippen LogP contribution < -0.4 is 15.5 Å². The van der Waals surface area contributed by atoms with E-state index in [4.69, 9.17) is 0 Å². The summed E-state index contributed by atoms with van der Waals surface area (Å²) in [6.07, 6.45) is 2.54. The zero-order valence-electron chi connectivity index (χ0n) is 14.7. The third kappa shape index (κ3) is 3.51. The van der Waals surface area contributed by atoms with Gasteiger partial charge in [-0.15, -0.1) is 0 Å². The first-order valence-corrected chi connectivity index (χ1v) is 8.76. The molecule has 2 fully saturated rings. The fraction of sp³-hybridized carbons (Fsp3) is 0.500. The molecule has 1 heterocycles. The van der Waals surface area contributed by atoms with Crippen molar-refractivity contribution in [3.63, 3.8) is 0 Å². The van der Waals surface area contributed by atoms with Gasteiger partial charge >= 0.3 is 6.03 Å². The zero-order valence-corrected chi connectivity index (χ0v) is 14.7. The quantitative estimate of drug-likeness (QED) is 0.588. The van der Waals surface area contributed by atoms with Crippen LogP contribution in [0.5, 0.6) is 0 Å². The molecule has 2 aliphatic rings. The summed E-state index contributed by atoms with van der Waals surface area (Å²) in [5.41, 5.74) is -0.239. The SMILES string of the molecule is CC[C@]1(c2ccccc2)NC(=O)N(C[NH+](C)CC(=O)NC2CC2)C1=O. The number of carbonyl (C=O) groups excluding carboxylic acids is 3. The van der Waals surface area contributed by atoms with Crippen LogP contribution in [0.1, 0.15) is 31.7 Å². The van der Waals surface area contributed by atoms with Crippen molar-refractivity contribution in [1.29, 1.82) is 0 Å². The number of carbonyl (C=O) groups is 3. The van der Waals surface area contributed by atoms with Gasteiger partial charge in [0.05, 0.1) is 7.05 Å². The van der Waals surface area contributed by atoms with Gasteiger partial charge in [-0.3, -0.25) is 9.59 Å². The summed E-state index contributed by atoms with van der Waals surface area (Å²) >= 11 is 0. The van der Waals surface area contributed by atoms with Gasteiger partial charge in [-0.1, -0.05) is 37.3 Å². The van der Waals surface area contributed by atoms with E-state index in [2.05, 4.69) is 10.6 Å². The number of imide groups is 1. The first kappa shape index (κ1) is 17.4. The zero-order chi connectivity index (χ0) is 18.0. The summed E-state index contributed by atoms with van der Waals surface area (Å²) in [6, 6.07) is 9.20. The third-order valence-corrected chi connectivity index (χ3v) is 4.81. The van der Waals surface area contributed by atoms with E-state index in [1.807, 2.05) is 44.3 Å². The van der Waals surface area contributed by atoms with Crippen molar-refractivity contribution in [3.05, 3.63) is 35.9 Å². The number of quaternary nitrogens is 1. The summed E-state index contributed by atoms with van der Waals surface area (Å²) in [6.45, 7) is 2.28. The summed E-state index contributed by atoms with van der Waals surface area (Å²) in [7, 11) is 1.81. The molecular formula is C18H25N4O3+. The van der Waals surface area contributed by atoms with Crippen molar-refractivity contribution < 1.29 is 19.3 Å².